The minimum atomic E-state index is 0.246. The first-order valence-electron chi connectivity index (χ1n) is 12.9. The maximum Gasteiger partial charge on any atom is 0.0547 e. The molecular weight excluding hydrogens is 398 g/mol. The first kappa shape index (κ1) is 17.4. The molecular formula is C32H27N. The zero-order valence-corrected chi connectivity index (χ0v) is 18.8. The maximum atomic E-state index is 3.92. The normalized spacial score (nSPS) is 31.2. The highest BCUT2D eigenvalue weighted by Crippen LogP contribution is 2.69. The summed E-state index contributed by atoms with van der Waals surface area (Å²) in [4.78, 5) is 3.92. The average molecular weight is 426 g/mol. The molecule has 4 bridgehead atoms. The maximum absolute atomic E-state index is 3.92. The van der Waals surface area contributed by atoms with Crippen molar-refractivity contribution in [2.75, 3.05) is 0 Å². The quantitative estimate of drug-likeness (QED) is 0.257. The molecule has 4 fully saturated rings. The van der Waals surface area contributed by atoms with Gasteiger partial charge in [-0.05, 0) is 95.4 Å². The van der Waals surface area contributed by atoms with E-state index in [1.54, 1.807) is 11.1 Å². The smallest absolute Gasteiger partial charge is 0.0547 e. The topological polar surface area (TPSA) is 15.8 Å². The number of hydrogen-bond donors (Lipinski definition) is 1. The second-order valence-corrected chi connectivity index (χ2v) is 11.5. The third kappa shape index (κ3) is 1.94. The summed E-state index contributed by atoms with van der Waals surface area (Å²) in [6, 6.07) is 27.9. The Labute approximate surface area is 193 Å². The molecule has 1 heteroatoms. The standard InChI is InChI=1S/C32H27N/c1-2-6-21-17-29-26(16-20(21)5-1)24-9-10-28-30(31(24)33-29)25-7-3-4-8-27(25)32(28)22-12-18-11-19(14-22)15-23(32)13-18/h1-10,16-19,22-23,33H,11-15H2. The van der Waals surface area contributed by atoms with E-state index in [0.29, 0.717) is 0 Å². The van der Waals surface area contributed by atoms with Gasteiger partial charge in [-0.15, -0.1) is 0 Å². The van der Waals surface area contributed by atoms with Gasteiger partial charge >= 0.3 is 0 Å². The fraction of sp³-hybridized carbons (Fsp3) is 0.312. The fourth-order valence-corrected chi connectivity index (χ4v) is 9.30. The Morgan fingerprint density at radius 3 is 2.12 bits per heavy atom. The SMILES string of the molecule is c1ccc2c(c1)-c1c(ccc3c1[nH]c1cc4ccccc4cc13)C21C2CC3CC(C2)CC1C3. The molecule has 1 aromatic heterocycles. The number of nitrogens with one attached hydrogen (secondary N) is 1. The lowest BCUT2D eigenvalue weighted by Gasteiger charge is -2.61. The molecule has 4 saturated carbocycles. The highest BCUT2D eigenvalue weighted by molar-refractivity contribution is 6.16. The van der Waals surface area contributed by atoms with Crippen LogP contribution in [0.15, 0.2) is 72.8 Å². The van der Waals surface area contributed by atoms with E-state index in [0.717, 1.165) is 23.7 Å². The van der Waals surface area contributed by atoms with Crippen molar-refractivity contribution in [1.29, 1.82) is 0 Å². The fourth-order valence-electron chi connectivity index (χ4n) is 9.30. The molecule has 0 radical (unpaired) electrons. The summed E-state index contributed by atoms with van der Waals surface area (Å²) in [5.41, 5.74) is 9.16. The lowest BCUT2D eigenvalue weighted by molar-refractivity contribution is -0.0399. The van der Waals surface area contributed by atoms with E-state index in [2.05, 4.69) is 77.8 Å². The van der Waals surface area contributed by atoms with Gasteiger partial charge in [-0.2, -0.15) is 0 Å². The van der Waals surface area contributed by atoms with Gasteiger partial charge in [0.2, 0.25) is 0 Å². The highest BCUT2D eigenvalue weighted by Gasteiger charge is 2.61. The van der Waals surface area contributed by atoms with Crippen LogP contribution in [0.5, 0.6) is 0 Å². The zero-order chi connectivity index (χ0) is 21.3. The Hall–Kier alpha value is -3.06. The molecule has 0 amide bonds. The second-order valence-electron chi connectivity index (χ2n) is 11.5. The van der Waals surface area contributed by atoms with Crippen LogP contribution in [-0.4, -0.2) is 4.98 Å². The van der Waals surface area contributed by atoms with Crippen LogP contribution in [0.4, 0.5) is 0 Å². The van der Waals surface area contributed by atoms with Gasteiger partial charge in [-0.3, -0.25) is 0 Å². The molecule has 1 heterocycles. The Morgan fingerprint density at radius 2 is 1.33 bits per heavy atom. The number of aromatic nitrogens is 1. The van der Waals surface area contributed by atoms with E-state index in [9.17, 15) is 0 Å². The molecule has 0 atom stereocenters. The number of aromatic amines is 1. The van der Waals surface area contributed by atoms with E-state index in [1.807, 2.05) is 0 Å². The van der Waals surface area contributed by atoms with E-state index in [-0.39, 0.29) is 5.41 Å². The Balaban J connectivity index is 1.40. The van der Waals surface area contributed by atoms with Gasteiger partial charge in [-0.1, -0.05) is 60.7 Å². The van der Waals surface area contributed by atoms with Gasteiger partial charge in [0.25, 0.3) is 0 Å². The molecule has 1 nitrogen and oxygen atoms in total. The summed E-state index contributed by atoms with van der Waals surface area (Å²) in [7, 11) is 0. The molecule has 4 aromatic carbocycles. The van der Waals surface area contributed by atoms with Crippen molar-refractivity contribution in [1.82, 2.24) is 4.98 Å². The lowest BCUT2D eigenvalue weighted by Crippen LogP contribution is -2.55. The monoisotopic (exact) mass is 425 g/mol. The highest BCUT2D eigenvalue weighted by atomic mass is 14.7. The molecule has 1 N–H and O–H groups in total. The number of H-pyrrole nitrogens is 1. The van der Waals surface area contributed by atoms with Crippen LogP contribution in [0.25, 0.3) is 43.7 Å². The summed E-state index contributed by atoms with van der Waals surface area (Å²) in [6.45, 7) is 0. The van der Waals surface area contributed by atoms with Gasteiger partial charge in [0, 0.05) is 27.3 Å². The third-order valence-corrected chi connectivity index (χ3v) is 10.2. The van der Waals surface area contributed by atoms with Gasteiger partial charge in [0.05, 0.1) is 5.52 Å². The zero-order valence-electron chi connectivity index (χ0n) is 18.8. The van der Waals surface area contributed by atoms with Gasteiger partial charge in [0.1, 0.15) is 0 Å². The molecule has 0 saturated heterocycles. The van der Waals surface area contributed by atoms with Gasteiger partial charge in [-0.25, -0.2) is 0 Å². The van der Waals surface area contributed by atoms with Crippen LogP contribution in [-0.2, 0) is 5.41 Å². The first-order chi connectivity index (χ1) is 16.3. The Morgan fingerprint density at radius 1 is 0.636 bits per heavy atom. The largest absolute Gasteiger partial charge is 0.354 e. The molecule has 10 rings (SSSR count). The number of rotatable bonds is 0. The molecule has 0 aliphatic heterocycles. The van der Waals surface area contributed by atoms with Crippen LogP contribution in [0, 0.1) is 23.7 Å². The van der Waals surface area contributed by atoms with Crippen molar-refractivity contribution in [3.8, 4) is 11.1 Å². The summed E-state index contributed by atoms with van der Waals surface area (Å²) >= 11 is 0. The minimum Gasteiger partial charge on any atom is -0.354 e. The molecule has 5 aliphatic rings. The van der Waals surface area contributed by atoms with Crippen molar-refractivity contribution >= 4 is 32.6 Å². The van der Waals surface area contributed by atoms with E-state index in [4.69, 9.17) is 0 Å². The molecule has 33 heavy (non-hydrogen) atoms. The Bertz CT molecular complexity index is 1610. The van der Waals surface area contributed by atoms with Crippen LogP contribution >= 0.6 is 0 Å². The van der Waals surface area contributed by atoms with E-state index in [1.165, 1.54) is 75.8 Å². The van der Waals surface area contributed by atoms with E-state index >= 15 is 0 Å². The number of fused-ring (bicyclic) bond motifs is 8. The van der Waals surface area contributed by atoms with Crippen molar-refractivity contribution < 1.29 is 0 Å². The number of hydrogen-bond acceptors (Lipinski definition) is 0. The average Bonchev–Trinajstić information content (AvgIpc) is 3.34. The molecule has 1 spiro atoms. The van der Waals surface area contributed by atoms with Crippen molar-refractivity contribution in [2.45, 2.75) is 37.5 Å². The third-order valence-electron chi connectivity index (χ3n) is 10.2. The van der Waals surface area contributed by atoms with Gasteiger partial charge in [0.15, 0.2) is 0 Å². The van der Waals surface area contributed by atoms with E-state index < -0.39 is 0 Å². The van der Waals surface area contributed by atoms with Crippen molar-refractivity contribution in [3.63, 3.8) is 0 Å². The summed E-state index contributed by atoms with van der Waals surface area (Å²) in [5, 5.41) is 5.37. The van der Waals surface area contributed by atoms with Crippen molar-refractivity contribution in [2.24, 2.45) is 23.7 Å². The first-order valence-corrected chi connectivity index (χ1v) is 12.9. The summed E-state index contributed by atoms with van der Waals surface area (Å²) in [6.07, 6.45) is 7.27. The summed E-state index contributed by atoms with van der Waals surface area (Å²) in [5.74, 6) is 3.61. The molecule has 160 valence electrons. The van der Waals surface area contributed by atoms with Crippen LogP contribution in [0.2, 0.25) is 0 Å². The predicted octanol–water partition coefficient (Wildman–Crippen LogP) is 8.20. The molecule has 5 aliphatic carbocycles. The minimum absolute atomic E-state index is 0.246. The van der Waals surface area contributed by atoms with Gasteiger partial charge < -0.3 is 4.98 Å². The number of benzene rings is 4. The second kappa shape index (κ2) is 5.70. The lowest BCUT2D eigenvalue weighted by atomic mass is 9.43. The van der Waals surface area contributed by atoms with Crippen LogP contribution in [0.1, 0.15) is 43.2 Å². The van der Waals surface area contributed by atoms with Crippen LogP contribution in [0.3, 0.4) is 0 Å². The molecule has 0 unspecified atom stereocenters. The summed E-state index contributed by atoms with van der Waals surface area (Å²) < 4.78 is 0. The molecule has 5 aromatic rings. The van der Waals surface area contributed by atoms with Crippen molar-refractivity contribution in [3.05, 3.63) is 83.9 Å². The Kier molecular flexibility index (Phi) is 3.01. The predicted molar refractivity (Wildman–Crippen MR) is 137 cm³/mol. The van der Waals surface area contributed by atoms with Crippen LogP contribution < -0.4 is 0 Å².